The molecule has 0 unspecified atom stereocenters. The predicted octanol–water partition coefficient (Wildman–Crippen LogP) is 4.02. The van der Waals surface area contributed by atoms with Crippen LogP contribution in [0.15, 0.2) is 47.5 Å². The van der Waals surface area contributed by atoms with Gasteiger partial charge >= 0.3 is 0 Å². The van der Waals surface area contributed by atoms with Crippen LogP contribution in [0.3, 0.4) is 0 Å². The van der Waals surface area contributed by atoms with Crippen molar-refractivity contribution in [2.75, 3.05) is 5.32 Å². The van der Waals surface area contributed by atoms with Crippen molar-refractivity contribution < 1.29 is 9.90 Å². The summed E-state index contributed by atoms with van der Waals surface area (Å²) >= 11 is 11.8. The van der Waals surface area contributed by atoms with E-state index in [9.17, 15) is 9.90 Å². The number of anilines is 2. The summed E-state index contributed by atoms with van der Waals surface area (Å²) in [5.74, 6) is -0.374. The van der Waals surface area contributed by atoms with E-state index in [2.05, 4.69) is 20.5 Å². The van der Waals surface area contributed by atoms with Crippen LogP contribution >= 0.6 is 23.2 Å². The van der Waals surface area contributed by atoms with Crippen LogP contribution < -0.4 is 11.1 Å². The van der Waals surface area contributed by atoms with Gasteiger partial charge < -0.3 is 16.2 Å². The van der Waals surface area contributed by atoms with Crippen molar-refractivity contribution in [3.8, 4) is 5.75 Å². The lowest BCUT2D eigenvalue weighted by Crippen LogP contribution is -2.12. The number of halogens is 2. The zero-order chi connectivity index (χ0) is 18.7. The van der Waals surface area contributed by atoms with E-state index < -0.39 is 5.91 Å². The third-order valence-electron chi connectivity index (χ3n) is 3.40. The van der Waals surface area contributed by atoms with Crippen LogP contribution in [-0.4, -0.2) is 27.4 Å². The lowest BCUT2D eigenvalue weighted by Gasteiger charge is -2.05. The summed E-state index contributed by atoms with van der Waals surface area (Å²) in [7, 11) is 0. The number of hydrogen-bond donors (Lipinski definition) is 4. The minimum absolute atomic E-state index is 0.00779. The van der Waals surface area contributed by atoms with E-state index in [-0.39, 0.29) is 22.9 Å². The molecule has 0 spiro atoms. The molecular formula is C17H13Cl2N5O2. The largest absolute Gasteiger partial charge is 0.507 e. The minimum Gasteiger partial charge on any atom is -0.507 e. The van der Waals surface area contributed by atoms with E-state index in [0.29, 0.717) is 21.3 Å². The van der Waals surface area contributed by atoms with Gasteiger partial charge in [0.05, 0.1) is 0 Å². The first kappa shape index (κ1) is 17.8. The molecule has 3 rings (SSSR count). The average Bonchev–Trinajstić information content (AvgIpc) is 2.98. The number of phenolic OH excluding ortho intramolecular Hbond substituents is 1. The highest BCUT2D eigenvalue weighted by atomic mass is 35.5. The molecule has 9 heteroatoms. The van der Waals surface area contributed by atoms with Gasteiger partial charge in [0.2, 0.25) is 0 Å². The van der Waals surface area contributed by atoms with Gasteiger partial charge in [-0.2, -0.15) is 5.10 Å². The van der Waals surface area contributed by atoms with Crippen LogP contribution in [0, 0.1) is 0 Å². The zero-order valence-electron chi connectivity index (χ0n) is 13.2. The SMILES string of the molecule is NC(=O)c1c(N=Cc2cc(Cl)ccc2O)n[nH]c1Nc1cccc(Cl)c1. The number of nitrogens with one attached hydrogen (secondary N) is 2. The van der Waals surface area contributed by atoms with Gasteiger partial charge in [-0.05, 0) is 36.4 Å². The fourth-order valence-electron chi connectivity index (χ4n) is 2.22. The van der Waals surface area contributed by atoms with Gasteiger partial charge in [0.1, 0.15) is 17.1 Å². The maximum absolute atomic E-state index is 11.8. The fourth-order valence-corrected chi connectivity index (χ4v) is 2.59. The van der Waals surface area contributed by atoms with Crippen molar-refractivity contribution >= 4 is 52.6 Å². The molecule has 0 saturated heterocycles. The Morgan fingerprint density at radius 1 is 1.23 bits per heavy atom. The van der Waals surface area contributed by atoms with Crippen molar-refractivity contribution in [2.45, 2.75) is 0 Å². The van der Waals surface area contributed by atoms with Crippen molar-refractivity contribution in [2.24, 2.45) is 10.7 Å². The van der Waals surface area contributed by atoms with Crippen LogP contribution in [0.25, 0.3) is 0 Å². The number of benzene rings is 2. The normalized spacial score (nSPS) is 11.0. The lowest BCUT2D eigenvalue weighted by molar-refractivity contribution is 0.100. The maximum atomic E-state index is 11.8. The number of amides is 1. The molecule has 0 aliphatic rings. The highest BCUT2D eigenvalue weighted by molar-refractivity contribution is 6.31. The molecule has 3 aromatic rings. The van der Waals surface area contributed by atoms with Crippen molar-refractivity contribution in [1.82, 2.24) is 10.2 Å². The summed E-state index contributed by atoms with van der Waals surface area (Å²) in [5.41, 5.74) is 6.55. The second kappa shape index (κ2) is 7.47. The summed E-state index contributed by atoms with van der Waals surface area (Å²) < 4.78 is 0. The Kier molecular flexibility index (Phi) is 5.11. The van der Waals surface area contributed by atoms with Crippen LogP contribution in [0.1, 0.15) is 15.9 Å². The quantitative estimate of drug-likeness (QED) is 0.493. The molecule has 5 N–H and O–H groups in total. The molecule has 0 aliphatic carbocycles. The van der Waals surface area contributed by atoms with Gasteiger partial charge in [-0.25, -0.2) is 4.99 Å². The predicted molar refractivity (Wildman–Crippen MR) is 102 cm³/mol. The third-order valence-corrected chi connectivity index (χ3v) is 3.87. The van der Waals surface area contributed by atoms with Crippen molar-refractivity contribution in [3.63, 3.8) is 0 Å². The molecular weight excluding hydrogens is 377 g/mol. The van der Waals surface area contributed by atoms with Crippen molar-refractivity contribution in [3.05, 3.63) is 63.6 Å². The number of nitrogens with two attached hydrogens (primary N) is 1. The first-order valence-electron chi connectivity index (χ1n) is 7.37. The van der Waals surface area contributed by atoms with Gasteiger partial charge in [-0.15, -0.1) is 0 Å². The molecule has 0 saturated carbocycles. The number of H-pyrrole nitrogens is 1. The molecule has 0 bridgehead atoms. The minimum atomic E-state index is -0.717. The van der Waals surface area contributed by atoms with E-state index >= 15 is 0 Å². The number of carbonyl (C=O) groups excluding carboxylic acids is 1. The number of aromatic hydroxyl groups is 1. The third kappa shape index (κ3) is 3.96. The first-order valence-corrected chi connectivity index (χ1v) is 8.13. The van der Waals surface area contributed by atoms with E-state index in [1.807, 2.05) is 0 Å². The molecule has 0 fully saturated rings. The number of primary amides is 1. The highest BCUT2D eigenvalue weighted by Crippen LogP contribution is 2.28. The van der Waals surface area contributed by atoms with Crippen LogP contribution in [-0.2, 0) is 0 Å². The summed E-state index contributed by atoms with van der Waals surface area (Å²) in [6.45, 7) is 0. The Hall–Kier alpha value is -3.03. The smallest absolute Gasteiger partial charge is 0.256 e. The molecule has 26 heavy (non-hydrogen) atoms. The van der Waals surface area contributed by atoms with Gasteiger partial charge in [0.25, 0.3) is 5.91 Å². The van der Waals surface area contributed by atoms with Gasteiger partial charge in [0.15, 0.2) is 5.82 Å². The number of phenols is 1. The average molecular weight is 390 g/mol. The molecule has 1 heterocycles. The molecule has 132 valence electrons. The van der Waals surface area contributed by atoms with Crippen LogP contribution in [0.5, 0.6) is 5.75 Å². The zero-order valence-corrected chi connectivity index (χ0v) is 14.7. The summed E-state index contributed by atoms with van der Waals surface area (Å²) in [6, 6.07) is 11.4. The summed E-state index contributed by atoms with van der Waals surface area (Å²) in [6.07, 6.45) is 1.34. The van der Waals surface area contributed by atoms with Gasteiger partial charge in [0, 0.05) is 27.5 Å². The number of nitrogens with zero attached hydrogens (tertiary/aromatic N) is 2. The Morgan fingerprint density at radius 2 is 2.00 bits per heavy atom. The number of aromatic nitrogens is 2. The van der Waals surface area contributed by atoms with Gasteiger partial charge in [-0.3, -0.25) is 9.89 Å². The van der Waals surface area contributed by atoms with Gasteiger partial charge in [-0.1, -0.05) is 29.3 Å². The first-order chi connectivity index (χ1) is 12.4. The van der Waals surface area contributed by atoms with Crippen LogP contribution in [0.4, 0.5) is 17.3 Å². The second-order valence-electron chi connectivity index (χ2n) is 5.26. The lowest BCUT2D eigenvalue weighted by atomic mass is 10.2. The fraction of sp³-hybridized carbons (Fsp3) is 0. The molecule has 0 aliphatic heterocycles. The number of aliphatic imine (C=N–C) groups is 1. The summed E-state index contributed by atoms with van der Waals surface area (Å²) in [4.78, 5) is 16.0. The van der Waals surface area contributed by atoms with Crippen molar-refractivity contribution in [1.29, 1.82) is 0 Å². The Balaban J connectivity index is 1.93. The maximum Gasteiger partial charge on any atom is 0.256 e. The molecule has 0 atom stereocenters. The number of hydrogen-bond acceptors (Lipinski definition) is 5. The molecule has 7 nitrogen and oxygen atoms in total. The molecule has 0 radical (unpaired) electrons. The molecule has 1 amide bonds. The Labute approximate surface area is 158 Å². The van der Waals surface area contributed by atoms with E-state index in [1.54, 1.807) is 30.3 Å². The number of rotatable bonds is 5. The second-order valence-corrected chi connectivity index (χ2v) is 6.13. The molecule has 1 aromatic heterocycles. The topological polar surface area (TPSA) is 116 Å². The monoisotopic (exact) mass is 389 g/mol. The standard InChI is InChI=1S/C17H13Cl2N5O2/c18-10-2-1-3-12(7-10)22-17-14(15(20)26)16(23-24-17)21-8-9-6-11(19)4-5-13(9)25/h1-8,25H,(H2,20,26)(H2,22,23,24). The van der Waals surface area contributed by atoms with E-state index in [0.717, 1.165) is 0 Å². The Morgan fingerprint density at radius 3 is 2.73 bits per heavy atom. The Bertz CT molecular complexity index is 1000. The number of carbonyl (C=O) groups is 1. The molecule has 2 aromatic carbocycles. The summed E-state index contributed by atoms with van der Waals surface area (Å²) in [5, 5.41) is 20.4. The van der Waals surface area contributed by atoms with Crippen LogP contribution in [0.2, 0.25) is 10.0 Å². The number of aromatic amines is 1. The van der Waals surface area contributed by atoms with E-state index in [1.165, 1.54) is 18.3 Å². The highest BCUT2D eigenvalue weighted by Gasteiger charge is 2.18. The van der Waals surface area contributed by atoms with E-state index in [4.69, 9.17) is 28.9 Å².